The first-order valence-corrected chi connectivity index (χ1v) is 6.00. The second-order valence-electron chi connectivity index (χ2n) is 4.00. The Bertz CT molecular complexity index is 687. The minimum atomic E-state index is -4.59. The van der Waals surface area contributed by atoms with Gasteiger partial charge in [0.1, 0.15) is 0 Å². The van der Waals surface area contributed by atoms with Gasteiger partial charge in [0.05, 0.1) is 5.69 Å². The zero-order valence-corrected chi connectivity index (χ0v) is 11.6. The van der Waals surface area contributed by atoms with Crippen molar-refractivity contribution in [3.63, 3.8) is 0 Å². The summed E-state index contributed by atoms with van der Waals surface area (Å²) in [6.45, 7) is 1.76. The van der Waals surface area contributed by atoms with Gasteiger partial charge in [0.15, 0.2) is 0 Å². The summed E-state index contributed by atoms with van der Waals surface area (Å²) in [6, 6.07) is 4.59. The average molecular weight is 308 g/mol. The van der Waals surface area contributed by atoms with Crippen LogP contribution in [0.3, 0.4) is 0 Å². The molecule has 0 unspecified atom stereocenters. The molecule has 0 saturated heterocycles. The van der Waals surface area contributed by atoms with Crippen molar-refractivity contribution in [2.45, 2.75) is 13.1 Å². The molecule has 0 aliphatic carbocycles. The molecule has 19 heavy (non-hydrogen) atoms. The van der Waals surface area contributed by atoms with E-state index in [2.05, 4.69) is 5.10 Å². The highest BCUT2D eigenvalue weighted by Crippen LogP contribution is 2.31. The molecule has 1 aromatic carbocycles. The fourth-order valence-corrected chi connectivity index (χ4v) is 2.01. The summed E-state index contributed by atoms with van der Waals surface area (Å²) in [4.78, 5) is 0. The summed E-state index contributed by atoms with van der Waals surface area (Å²) in [5.74, 6) is -1.07. The maximum Gasteiger partial charge on any atom is 0.452 e. The molecule has 0 N–H and O–H groups in total. The van der Waals surface area contributed by atoms with Crippen molar-refractivity contribution in [2.75, 3.05) is 0 Å². The van der Waals surface area contributed by atoms with E-state index in [0.29, 0.717) is 5.02 Å². The maximum absolute atomic E-state index is 12.9. The predicted octanol–water partition coefficient (Wildman–Crippen LogP) is 3.92. The third kappa shape index (κ3) is 2.52. The summed E-state index contributed by atoms with van der Waals surface area (Å²) >= 11 is 10.9. The lowest BCUT2D eigenvalue weighted by atomic mass is 10.2. The van der Waals surface area contributed by atoms with Gasteiger partial charge in [-0.2, -0.15) is 13.2 Å². The van der Waals surface area contributed by atoms with Crippen molar-refractivity contribution in [3.05, 3.63) is 39.4 Å². The Morgan fingerprint density at radius 3 is 2.47 bits per heavy atom. The van der Waals surface area contributed by atoms with E-state index >= 15 is 0 Å². The summed E-state index contributed by atoms with van der Waals surface area (Å²) in [5, 5.41) is 3.79. The molecule has 8 heteroatoms. The van der Waals surface area contributed by atoms with Crippen molar-refractivity contribution >= 4 is 23.8 Å². The Morgan fingerprint density at radius 1 is 1.32 bits per heavy atom. The highest BCUT2D eigenvalue weighted by atomic mass is 35.5. The number of rotatable bonds is 1. The van der Waals surface area contributed by atoms with Crippen LogP contribution >= 0.6 is 23.8 Å². The molecule has 0 aliphatic rings. The van der Waals surface area contributed by atoms with Gasteiger partial charge in [0, 0.05) is 12.1 Å². The minimum absolute atomic E-state index is 0.0488. The van der Waals surface area contributed by atoms with Crippen LogP contribution in [-0.2, 0) is 13.2 Å². The lowest BCUT2D eigenvalue weighted by Crippen LogP contribution is -2.14. The van der Waals surface area contributed by atoms with E-state index in [4.69, 9.17) is 23.8 Å². The van der Waals surface area contributed by atoms with Gasteiger partial charge in [-0.25, -0.2) is 4.68 Å². The third-order valence-corrected chi connectivity index (χ3v) is 3.45. The summed E-state index contributed by atoms with van der Waals surface area (Å²) in [7, 11) is 1.36. The van der Waals surface area contributed by atoms with Crippen LogP contribution in [-0.4, -0.2) is 14.3 Å². The molecule has 2 rings (SSSR count). The van der Waals surface area contributed by atoms with Gasteiger partial charge in [-0.3, -0.25) is 4.57 Å². The standard InChI is InChI=1S/C11H9ClF3N3S/c1-6-3-4-7(5-8(6)12)18-9(11(13,14)15)16-17(2)10(18)19/h3-5H,1-2H3. The Kier molecular flexibility index (Phi) is 3.44. The van der Waals surface area contributed by atoms with Crippen LogP contribution in [0.25, 0.3) is 5.69 Å². The summed E-state index contributed by atoms with van der Waals surface area (Å²) in [5.41, 5.74) is 1.01. The average Bonchev–Trinajstić information content (AvgIpc) is 2.60. The highest BCUT2D eigenvalue weighted by Gasteiger charge is 2.38. The fraction of sp³-hybridized carbons (Fsp3) is 0.273. The zero-order valence-electron chi connectivity index (χ0n) is 9.99. The van der Waals surface area contributed by atoms with Gasteiger partial charge >= 0.3 is 6.18 Å². The number of halogens is 4. The summed E-state index contributed by atoms with van der Waals surface area (Å²) in [6.07, 6.45) is -4.59. The Labute approximate surface area is 117 Å². The maximum atomic E-state index is 12.9. The van der Waals surface area contributed by atoms with Crippen molar-refractivity contribution in [3.8, 4) is 5.69 Å². The van der Waals surface area contributed by atoms with Crippen LogP contribution < -0.4 is 0 Å². The van der Waals surface area contributed by atoms with Crippen LogP contribution in [0.4, 0.5) is 13.2 Å². The van der Waals surface area contributed by atoms with E-state index < -0.39 is 12.0 Å². The molecule has 0 spiro atoms. The van der Waals surface area contributed by atoms with E-state index in [1.807, 2.05) is 0 Å². The fourth-order valence-electron chi connectivity index (χ4n) is 1.60. The van der Waals surface area contributed by atoms with Crippen LogP contribution in [0.15, 0.2) is 18.2 Å². The molecular weight excluding hydrogens is 299 g/mol. The lowest BCUT2D eigenvalue weighted by Gasteiger charge is -2.10. The number of benzene rings is 1. The van der Waals surface area contributed by atoms with Crippen LogP contribution in [0, 0.1) is 11.7 Å². The molecule has 0 saturated carbocycles. The number of aromatic nitrogens is 3. The minimum Gasteiger partial charge on any atom is -0.264 e. The number of alkyl halides is 3. The second-order valence-corrected chi connectivity index (χ2v) is 4.77. The molecule has 3 nitrogen and oxygen atoms in total. The monoisotopic (exact) mass is 307 g/mol. The van der Waals surface area contributed by atoms with E-state index in [1.165, 1.54) is 19.2 Å². The molecule has 0 aliphatic heterocycles. The van der Waals surface area contributed by atoms with Crippen molar-refractivity contribution in [1.29, 1.82) is 0 Å². The molecular formula is C11H9ClF3N3S. The van der Waals surface area contributed by atoms with Gasteiger partial charge in [-0.15, -0.1) is 5.10 Å². The normalized spacial score (nSPS) is 11.9. The first-order valence-electron chi connectivity index (χ1n) is 5.21. The molecule has 2 aromatic rings. The molecule has 0 atom stereocenters. The van der Waals surface area contributed by atoms with Gasteiger partial charge in [-0.05, 0) is 36.8 Å². The van der Waals surface area contributed by atoms with E-state index in [9.17, 15) is 13.2 Å². The number of aryl methyl sites for hydroxylation is 2. The van der Waals surface area contributed by atoms with Crippen molar-refractivity contribution in [2.24, 2.45) is 7.05 Å². The highest BCUT2D eigenvalue weighted by molar-refractivity contribution is 7.71. The van der Waals surface area contributed by atoms with Crippen molar-refractivity contribution in [1.82, 2.24) is 14.3 Å². The quantitative estimate of drug-likeness (QED) is 0.745. The largest absolute Gasteiger partial charge is 0.452 e. The molecule has 1 aromatic heterocycles. The van der Waals surface area contributed by atoms with Crippen LogP contribution in [0.5, 0.6) is 0 Å². The number of hydrogen-bond donors (Lipinski definition) is 0. The molecule has 102 valence electrons. The first kappa shape index (κ1) is 14.1. The van der Waals surface area contributed by atoms with E-state index in [0.717, 1.165) is 14.8 Å². The van der Waals surface area contributed by atoms with Crippen LogP contribution in [0.1, 0.15) is 11.4 Å². The van der Waals surface area contributed by atoms with Gasteiger partial charge < -0.3 is 0 Å². The van der Waals surface area contributed by atoms with Crippen molar-refractivity contribution < 1.29 is 13.2 Å². The molecule has 0 radical (unpaired) electrons. The third-order valence-electron chi connectivity index (χ3n) is 2.59. The second kappa shape index (κ2) is 4.64. The van der Waals surface area contributed by atoms with E-state index in [1.54, 1.807) is 13.0 Å². The Hall–Kier alpha value is -1.34. The predicted molar refractivity (Wildman–Crippen MR) is 68.1 cm³/mol. The zero-order chi connectivity index (χ0) is 14.4. The topological polar surface area (TPSA) is 22.8 Å². The smallest absolute Gasteiger partial charge is 0.264 e. The SMILES string of the molecule is Cc1ccc(-n2c(C(F)(F)F)nn(C)c2=S)cc1Cl. The molecule has 1 heterocycles. The first-order chi connectivity index (χ1) is 8.71. The van der Waals surface area contributed by atoms with Gasteiger partial charge in [0.2, 0.25) is 10.6 Å². The lowest BCUT2D eigenvalue weighted by molar-refractivity contribution is -0.146. The number of nitrogens with zero attached hydrogens (tertiary/aromatic N) is 3. The van der Waals surface area contributed by atoms with E-state index in [-0.39, 0.29) is 10.5 Å². The molecule has 0 fully saturated rings. The molecule has 0 amide bonds. The van der Waals surface area contributed by atoms with Gasteiger partial charge in [0.25, 0.3) is 0 Å². The Balaban J connectivity index is 2.74. The Morgan fingerprint density at radius 2 is 1.95 bits per heavy atom. The molecule has 0 bridgehead atoms. The number of hydrogen-bond acceptors (Lipinski definition) is 2. The van der Waals surface area contributed by atoms with Crippen LogP contribution in [0.2, 0.25) is 5.02 Å². The van der Waals surface area contributed by atoms with Gasteiger partial charge in [-0.1, -0.05) is 17.7 Å². The summed E-state index contributed by atoms with van der Waals surface area (Å²) < 4.78 is 40.6.